The molecule has 0 saturated carbocycles. The van der Waals surface area contributed by atoms with Crippen molar-refractivity contribution in [1.29, 1.82) is 0 Å². The van der Waals surface area contributed by atoms with Crippen molar-refractivity contribution in [2.24, 2.45) is 0 Å². The van der Waals surface area contributed by atoms with Gasteiger partial charge in [-0.1, -0.05) is 17.7 Å². The monoisotopic (exact) mass is 520 g/mol. The summed E-state index contributed by atoms with van der Waals surface area (Å²) >= 11 is 7.27. The van der Waals surface area contributed by atoms with Gasteiger partial charge in [0, 0.05) is 27.9 Å². The van der Waals surface area contributed by atoms with Gasteiger partial charge in [0.25, 0.3) is 5.56 Å². The third kappa shape index (κ3) is 3.70. The van der Waals surface area contributed by atoms with Crippen LogP contribution in [0, 0.1) is 0 Å². The van der Waals surface area contributed by atoms with E-state index in [1.807, 2.05) is 0 Å². The molecule has 13 heteroatoms. The molecule has 2 N–H and O–H groups in total. The third-order valence-corrected chi connectivity index (χ3v) is 6.58. The summed E-state index contributed by atoms with van der Waals surface area (Å²) in [6.45, 7) is -0.191. The zero-order valence-electron chi connectivity index (χ0n) is 17.3. The Morgan fingerprint density at radius 3 is 2.63 bits per heavy atom. The van der Waals surface area contributed by atoms with Crippen LogP contribution < -0.4 is 11.2 Å². The van der Waals surface area contributed by atoms with Gasteiger partial charge in [-0.25, -0.2) is 19.1 Å². The van der Waals surface area contributed by atoms with Gasteiger partial charge >= 0.3 is 17.8 Å². The average Bonchev–Trinajstić information content (AvgIpc) is 3.38. The van der Waals surface area contributed by atoms with Crippen LogP contribution in [0.3, 0.4) is 0 Å². The number of benzene rings is 1. The van der Waals surface area contributed by atoms with Crippen molar-refractivity contribution in [1.82, 2.24) is 19.1 Å². The van der Waals surface area contributed by atoms with Crippen LogP contribution in [0.2, 0.25) is 5.15 Å². The van der Waals surface area contributed by atoms with Gasteiger partial charge in [0.05, 0.1) is 34.2 Å². The van der Waals surface area contributed by atoms with E-state index < -0.39 is 40.3 Å². The highest BCUT2D eigenvalue weighted by Crippen LogP contribution is 2.36. The molecule has 0 radical (unpaired) electrons. The molecule has 0 saturated heterocycles. The largest absolute Gasteiger partial charge is 0.477 e. The van der Waals surface area contributed by atoms with E-state index in [1.54, 1.807) is 12.1 Å². The van der Waals surface area contributed by atoms with Gasteiger partial charge in [0.1, 0.15) is 5.15 Å². The molecular formula is C22H12ClF3N4O4S. The summed E-state index contributed by atoms with van der Waals surface area (Å²) in [5, 5.41) is 13.0. The van der Waals surface area contributed by atoms with Gasteiger partial charge in [-0.2, -0.15) is 13.2 Å². The molecule has 0 amide bonds. The lowest BCUT2D eigenvalue weighted by Crippen LogP contribution is -2.34. The number of alkyl halides is 3. The number of nitrogens with zero attached hydrogens (tertiary/aromatic N) is 3. The van der Waals surface area contributed by atoms with E-state index in [9.17, 15) is 32.7 Å². The molecule has 4 aromatic heterocycles. The van der Waals surface area contributed by atoms with Crippen LogP contribution in [0.4, 0.5) is 13.2 Å². The van der Waals surface area contributed by atoms with E-state index in [0.29, 0.717) is 10.1 Å². The third-order valence-electron chi connectivity index (χ3n) is 5.50. The fourth-order valence-corrected chi connectivity index (χ4v) is 4.91. The van der Waals surface area contributed by atoms with Crippen LogP contribution in [0.15, 0.2) is 56.9 Å². The smallest absolute Gasteiger partial charge is 0.416 e. The number of pyridine rings is 1. The lowest BCUT2D eigenvalue weighted by molar-refractivity contribution is -0.137. The molecule has 178 valence electrons. The van der Waals surface area contributed by atoms with Crippen molar-refractivity contribution in [3.63, 3.8) is 0 Å². The van der Waals surface area contributed by atoms with Gasteiger partial charge in [-0.15, -0.1) is 11.3 Å². The van der Waals surface area contributed by atoms with E-state index in [0.717, 1.165) is 29.5 Å². The fraction of sp³-hybridized carbons (Fsp3) is 0.0909. The minimum atomic E-state index is -4.75. The van der Waals surface area contributed by atoms with E-state index in [2.05, 4.69) is 9.97 Å². The van der Waals surface area contributed by atoms with Crippen LogP contribution >= 0.6 is 22.9 Å². The minimum absolute atomic E-state index is 0.0574. The molecule has 0 atom stereocenters. The molecule has 4 heterocycles. The maximum atomic E-state index is 13.6. The van der Waals surface area contributed by atoms with Gasteiger partial charge in [0.2, 0.25) is 0 Å². The Morgan fingerprint density at radius 1 is 1.17 bits per heavy atom. The Hall–Kier alpha value is -3.90. The average molecular weight is 521 g/mol. The molecule has 8 nitrogen and oxygen atoms in total. The Balaban J connectivity index is 1.94. The molecule has 1 aromatic carbocycles. The molecule has 0 unspecified atom stereocenters. The molecule has 0 aliphatic heterocycles. The lowest BCUT2D eigenvalue weighted by Gasteiger charge is -2.11. The van der Waals surface area contributed by atoms with Crippen LogP contribution in [0.5, 0.6) is 0 Å². The van der Waals surface area contributed by atoms with E-state index in [-0.39, 0.29) is 33.5 Å². The van der Waals surface area contributed by atoms with Crippen LogP contribution in [0.25, 0.3) is 27.5 Å². The molecule has 0 spiro atoms. The van der Waals surface area contributed by atoms with Crippen LogP contribution in [-0.4, -0.2) is 30.2 Å². The molecular weight excluding hydrogens is 509 g/mol. The number of H-pyrrole nitrogens is 1. The first-order chi connectivity index (χ1) is 16.6. The molecule has 0 bridgehead atoms. The highest BCUT2D eigenvalue weighted by molar-refractivity contribution is 7.09. The second kappa shape index (κ2) is 8.10. The number of fused-ring (bicyclic) bond motifs is 2. The van der Waals surface area contributed by atoms with E-state index in [1.165, 1.54) is 21.5 Å². The molecule has 35 heavy (non-hydrogen) atoms. The summed E-state index contributed by atoms with van der Waals surface area (Å²) in [4.78, 5) is 45.0. The fourth-order valence-electron chi connectivity index (χ4n) is 3.97. The molecule has 0 aliphatic carbocycles. The number of aromatic carboxylic acids is 1. The second-order valence-corrected chi connectivity index (χ2v) is 8.64. The summed E-state index contributed by atoms with van der Waals surface area (Å²) < 4.78 is 42.4. The highest BCUT2D eigenvalue weighted by atomic mass is 35.5. The number of halogens is 4. The predicted molar refractivity (Wildman–Crippen MR) is 124 cm³/mol. The number of aromatic nitrogens is 4. The summed E-state index contributed by atoms with van der Waals surface area (Å²) in [7, 11) is 0. The second-order valence-electron chi connectivity index (χ2n) is 7.54. The number of carbonyl (C=O) groups is 1. The Labute approximate surface area is 201 Å². The topological polar surface area (TPSA) is 110 Å². The van der Waals surface area contributed by atoms with Crippen LogP contribution in [-0.2, 0) is 12.7 Å². The maximum absolute atomic E-state index is 13.6. The van der Waals surface area contributed by atoms with E-state index >= 15 is 0 Å². The predicted octanol–water partition coefficient (Wildman–Crippen LogP) is 4.51. The number of rotatable bonds is 4. The normalized spacial score (nSPS) is 12.0. The van der Waals surface area contributed by atoms with E-state index in [4.69, 9.17) is 11.6 Å². The lowest BCUT2D eigenvalue weighted by atomic mass is 10.1. The first-order valence-electron chi connectivity index (χ1n) is 9.85. The molecule has 0 fully saturated rings. The quantitative estimate of drug-likeness (QED) is 0.339. The zero-order valence-corrected chi connectivity index (χ0v) is 18.8. The minimum Gasteiger partial charge on any atom is -0.477 e. The standard InChI is InChI=1S/C22H12ClF3N4O4S/c23-18-10(2-1-5-27-18)7-29-15-4-3-11(22(24,25)26)6-12(15)16(17(29)20(32)33)30-19(31)13-8-35-9-14(13)28-21(30)34/h1-6,8-9H,7H2,(H,28,34)(H,32,33). The number of nitrogens with one attached hydrogen (secondary N) is 1. The Bertz CT molecular complexity index is 1770. The summed E-state index contributed by atoms with van der Waals surface area (Å²) in [5.74, 6) is -1.55. The molecule has 5 rings (SSSR count). The van der Waals surface area contributed by atoms with Crippen molar-refractivity contribution in [2.45, 2.75) is 12.7 Å². The summed E-state index contributed by atoms with van der Waals surface area (Å²) in [6, 6.07) is 5.76. The maximum Gasteiger partial charge on any atom is 0.416 e. The number of hydrogen-bond acceptors (Lipinski definition) is 5. The SMILES string of the molecule is O=C(O)c1c(-n2c(=O)[nH]c3cscc3c2=O)c2cc(C(F)(F)F)ccc2n1Cc1cccnc1Cl. The summed E-state index contributed by atoms with van der Waals surface area (Å²) in [5.41, 5.74) is -3.26. The molecule has 0 aliphatic rings. The number of carboxylic acids is 1. The van der Waals surface area contributed by atoms with Crippen molar-refractivity contribution in [2.75, 3.05) is 0 Å². The van der Waals surface area contributed by atoms with Crippen molar-refractivity contribution < 1.29 is 23.1 Å². The van der Waals surface area contributed by atoms with Gasteiger partial charge in [-0.05, 0) is 24.3 Å². The van der Waals surface area contributed by atoms with Crippen molar-refractivity contribution >= 4 is 50.7 Å². The number of hydrogen-bond donors (Lipinski definition) is 2. The highest BCUT2D eigenvalue weighted by Gasteiger charge is 2.33. The first kappa shape index (κ1) is 22.9. The molecule has 5 aromatic rings. The number of aromatic amines is 1. The Kier molecular flexibility index (Phi) is 5.29. The van der Waals surface area contributed by atoms with Crippen molar-refractivity contribution in [3.05, 3.63) is 90.1 Å². The van der Waals surface area contributed by atoms with Gasteiger partial charge in [0.15, 0.2) is 5.69 Å². The zero-order chi connectivity index (χ0) is 25.1. The summed E-state index contributed by atoms with van der Waals surface area (Å²) in [6.07, 6.45) is -3.33. The Morgan fingerprint density at radius 2 is 1.94 bits per heavy atom. The number of thiophene rings is 1. The first-order valence-corrected chi connectivity index (χ1v) is 11.2. The van der Waals surface area contributed by atoms with Crippen molar-refractivity contribution in [3.8, 4) is 5.69 Å². The van der Waals surface area contributed by atoms with Gasteiger partial charge < -0.3 is 14.7 Å². The van der Waals surface area contributed by atoms with Crippen LogP contribution in [0.1, 0.15) is 21.6 Å². The number of carboxylic acid groups (broad SMARTS) is 1. The van der Waals surface area contributed by atoms with Gasteiger partial charge in [-0.3, -0.25) is 4.79 Å².